The number of nitrogens with zero attached hydrogens (tertiary/aromatic N) is 2. The molecule has 0 fully saturated rings. The number of rotatable bonds is 8. The Kier molecular flexibility index (Phi) is 6.56. The zero-order valence-electron chi connectivity index (χ0n) is 17.1. The van der Waals surface area contributed by atoms with Crippen LogP contribution in [0.25, 0.3) is 0 Å². The molecule has 2 aromatic rings. The van der Waals surface area contributed by atoms with Gasteiger partial charge in [0.25, 0.3) is 0 Å². The predicted molar refractivity (Wildman–Crippen MR) is 110 cm³/mol. The van der Waals surface area contributed by atoms with Crippen molar-refractivity contribution in [2.45, 2.75) is 25.3 Å². The number of aliphatic carboxylic acids is 1. The van der Waals surface area contributed by atoms with Gasteiger partial charge in [-0.15, -0.1) is 0 Å². The second kappa shape index (κ2) is 9.30. The van der Waals surface area contributed by atoms with Crippen LogP contribution in [0.5, 0.6) is 17.2 Å². The molecule has 2 aromatic carbocycles. The molecule has 1 aliphatic rings. The minimum atomic E-state index is -1.03. The van der Waals surface area contributed by atoms with Crippen LogP contribution in [0.2, 0.25) is 0 Å². The molecule has 0 saturated carbocycles. The van der Waals surface area contributed by atoms with Gasteiger partial charge in [-0.1, -0.05) is 12.1 Å². The van der Waals surface area contributed by atoms with Crippen molar-refractivity contribution in [2.24, 2.45) is 5.10 Å². The first-order valence-corrected chi connectivity index (χ1v) is 9.45. The van der Waals surface area contributed by atoms with E-state index in [1.165, 1.54) is 12.1 Å². The van der Waals surface area contributed by atoms with Crippen LogP contribution >= 0.6 is 0 Å². The van der Waals surface area contributed by atoms with E-state index in [1.807, 2.05) is 36.4 Å². The zero-order chi connectivity index (χ0) is 21.7. The third kappa shape index (κ3) is 4.37. The second-order valence-electron chi connectivity index (χ2n) is 6.71. The smallest absolute Gasteiger partial charge is 0.303 e. The van der Waals surface area contributed by atoms with Crippen LogP contribution in [0, 0.1) is 0 Å². The van der Waals surface area contributed by atoms with Crippen molar-refractivity contribution in [3.63, 3.8) is 0 Å². The van der Waals surface area contributed by atoms with E-state index in [9.17, 15) is 9.59 Å². The minimum Gasteiger partial charge on any atom is -0.497 e. The van der Waals surface area contributed by atoms with Crippen molar-refractivity contribution in [1.82, 2.24) is 5.01 Å². The van der Waals surface area contributed by atoms with Gasteiger partial charge in [0.05, 0.1) is 39.5 Å². The highest BCUT2D eigenvalue weighted by molar-refractivity contribution is 6.03. The van der Waals surface area contributed by atoms with Gasteiger partial charge in [-0.05, 0) is 35.9 Å². The van der Waals surface area contributed by atoms with Gasteiger partial charge in [0.1, 0.15) is 5.75 Å². The highest BCUT2D eigenvalue weighted by Gasteiger charge is 2.35. The van der Waals surface area contributed by atoms with Crippen molar-refractivity contribution in [2.75, 3.05) is 21.3 Å². The number of ether oxygens (including phenoxy) is 3. The van der Waals surface area contributed by atoms with E-state index >= 15 is 0 Å². The Morgan fingerprint density at radius 1 is 1.03 bits per heavy atom. The average molecular weight is 412 g/mol. The summed E-state index contributed by atoms with van der Waals surface area (Å²) in [6.45, 7) is 0. The quantitative estimate of drug-likeness (QED) is 0.715. The average Bonchev–Trinajstić information content (AvgIpc) is 3.22. The number of carboxylic acids is 1. The lowest BCUT2D eigenvalue weighted by Gasteiger charge is -2.24. The molecule has 1 unspecified atom stereocenters. The first-order valence-electron chi connectivity index (χ1n) is 9.45. The number of amides is 1. The fraction of sp³-hybridized carbons (Fsp3) is 0.318. The van der Waals surface area contributed by atoms with Gasteiger partial charge in [0.2, 0.25) is 5.91 Å². The lowest BCUT2D eigenvalue weighted by molar-refractivity contribution is -0.141. The van der Waals surface area contributed by atoms with Crippen LogP contribution in [0.3, 0.4) is 0 Å². The standard InChI is InChI=1S/C22H24N2O6/c1-28-15-9-7-14(8-10-15)17-13-18(24(23-17)20(25)11-12-21(26)27)16-5-4-6-19(29-2)22(16)30-3/h4-10,18H,11-13H2,1-3H3,(H,26,27). The fourth-order valence-electron chi connectivity index (χ4n) is 3.44. The molecular formula is C22H24N2O6. The van der Waals surface area contributed by atoms with E-state index in [0.717, 1.165) is 22.6 Å². The summed E-state index contributed by atoms with van der Waals surface area (Å²) in [6.07, 6.45) is 0.0524. The van der Waals surface area contributed by atoms with Gasteiger partial charge in [-0.3, -0.25) is 9.59 Å². The van der Waals surface area contributed by atoms with Crippen molar-refractivity contribution >= 4 is 17.6 Å². The van der Waals surface area contributed by atoms with Crippen LogP contribution in [0.4, 0.5) is 0 Å². The molecule has 30 heavy (non-hydrogen) atoms. The third-order valence-electron chi connectivity index (χ3n) is 4.93. The molecule has 3 rings (SSSR count). The maximum Gasteiger partial charge on any atom is 0.303 e. The largest absolute Gasteiger partial charge is 0.497 e. The number of carbonyl (C=O) groups excluding carboxylic acids is 1. The van der Waals surface area contributed by atoms with Crippen molar-refractivity contribution < 1.29 is 28.9 Å². The van der Waals surface area contributed by atoms with Gasteiger partial charge in [-0.2, -0.15) is 5.10 Å². The Labute approximate surface area is 174 Å². The molecule has 158 valence electrons. The van der Waals surface area contributed by atoms with Gasteiger partial charge in [0.15, 0.2) is 11.5 Å². The monoisotopic (exact) mass is 412 g/mol. The summed E-state index contributed by atoms with van der Waals surface area (Å²) in [5.41, 5.74) is 2.32. The molecule has 0 spiro atoms. The summed E-state index contributed by atoms with van der Waals surface area (Å²) in [7, 11) is 4.68. The maximum absolute atomic E-state index is 12.8. The molecule has 8 heteroatoms. The molecule has 0 radical (unpaired) electrons. The molecule has 0 bridgehead atoms. The highest BCUT2D eigenvalue weighted by Crippen LogP contribution is 2.42. The molecule has 1 N–H and O–H groups in total. The molecule has 1 heterocycles. The number of hydrazone groups is 1. The number of hydrogen-bond donors (Lipinski definition) is 1. The van der Waals surface area contributed by atoms with E-state index < -0.39 is 12.0 Å². The number of hydrogen-bond acceptors (Lipinski definition) is 6. The van der Waals surface area contributed by atoms with Crippen LogP contribution < -0.4 is 14.2 Å². The maximum atomic E-state index is 12.8. The number of carbonyl (C=O) groups is 2. The molecule has 1 atom stereocenters. The Bertz CT molecular complexity index is 955. The molecule has 8 nitrogen and oxygen atoms in total. The van der Waals surface area contributed by atoms with E-state index in [4.69, 9.17) is 19.3 Å². The van der Waals surface area contributed by atoms with Gasteiger partial charge in [-0.25, -0.2) is 5.01 Å². The lowest BCUT2D eigenvalue weighted by atomic mass is 9.97. The number of carboxylic acid groups (broad SMARTS) is 1. The number of para-hydroxylation sites is 1. The van der Waals surface area contributed by atoms with Gasteiger partial charge in [0, 0.05) is 18.4 Å². The van der Waals surface area contributed by atoms with Crippen LogP contribution in [0.1, 0.15) is 36.4 Å². The van der Waals surface area contributed by atoms with Crippen molar-refractivity contribution in [1.29, 1.82) is 0 Å². The Hall–Kier alpha value is -3.55. The van der Waals surface area contributed by atoms with Crippen LogP contribution in [-0.4, -0.2) is 49.0 Å². The van der Waals surface area contributed by atoms with E-state index in [-0.39, 0.29) is 18.7 Å². The topological polar surface area (TPSA) is 97.7 Å². The molecule has 0 saturated heterocycles. The molecular weight excluding hydrogens is 388 g/mol. The minimum absolute atomic E-state index is 0.141. The van der Waals surface area contributed by atoms with Crippen molar-refractivity contribution in [3.05, 3.63) is 53.6 Å². The highest BCUT2D eigenvalue weighted by atomic mass is 16.5. The molecule has 1 amide bonds. The van der Waals surface area contributed by atoms with Gasteiger partial charge < -0.3 is 19.3 Å². The summed E-state index contributed by atoms with van der Waals surface area (Å²) in [6, 6.07) is 12.4. The van der Waals surface area contributed by atoms with Crippen LogP contribution in [-0.2, 0) is 9.59 Å². The van der Waals surface area contributed by atoms with Gasteiger partial charge >= 0.3 is 5.97 Å². The SMILES string of the molecule is COc1ccc(C2=NN(C(=O)CCC(=O)O)C(c3cccc(OC)c3OC)C2)cc1. The first-order chi connectivity index (χ1) is 14.5. The van der Waals surface area contributed by atoms with E-state index in [0.29, 0.717) is 17.9 Å². The third-order valence-corrected chi connectivity index (χ3v) is 4.93. The molecule has 0 aliphatic carbocycles. The summed E-state index contributed by atoms with van der Waals surface area (Å²) < 4.78 is 16.1. The summed E-state index contributed by atoms with van der Waals surface area (Å²) in [5, 5.41) is 14.9. The summed E-state index contributed by atoms with van der Waals surface area (Å²) in [5.74, 6) is 0.393. The number of methoxy groups -OCH3 is 3. The number of benzene rings is 2. The van der Waals surface area contributed by atoms with Crippen molar-refractivity contribution in [3.8, 4) is 17.2 Å². The fourth-order valence-corrected chi connectivity index (χ4v) is 3.44. The Morgan fingerprint density at radius 2 is 1.77 bits per heavy atom. The lowest BCUT2D eigenvalue weighted by Crippen LogP contribution is -2.27. The normalized spacial score (nSPS) is 15.5. The van der Waals surface area contributed by atoms with E-state index in [1.54, 1.807) is 20.3 Å². The first kappa shape index (κ1) is 21.2. The second-order valence-corrected chi connectivity index (χ2v) is 6.71. The molecule has 1 aliphatic heterocycles. The van der Waals surface area contributed by atoms with Crippen LogP contribution in [0.15, 0.2) is 47.6 Å². The Balaban J connectivity index is 1.98. The summed E-state index contributed by atoms with van der Waals surface area (Å²) >= 11 is 0. The Morgan fingerprint density at radius 3 is 2.37 bits per heavy atom. The predicted octanol–water partition coefficient (Wildman–Crippen LogP) is 3.25. The summed E-state index contributed by atoms with van der Waals surface area (Å²) in [4.78, 5) is 23.8. The molecule has 0 aromatic heterocycles. The zero-order valence-corrected chi connectivity index (χ0v) is 17.1. The van der Waals surface area contributed by atoms with E-state index in [2.05, 4.69) is 5.10 Å².